The highest BCUT2D eigenvalue weighted by Crippen LogP contribution is 2.43. The van der Waals surface area contributed by atoms with Crippen LogP contribution in [0.2, 0.25) is 0 Å². The molecule has 4 amide bonds. The number of benzene rings is 3. The SMILES string of the molecule is O=C1c2ccccc2C(=O)N1CC(=O)N1c2ccccc2N(Cc2cccc(O)c2)C(=O)C2CCCC21. The van der Waals surface area contributed by atoms with Crippen LogP contribution in [0.15, 0.2) is 72.8 Å². The number of rotatable bonds is 4. The monoisotopic (exact) mass is 495 g/mol. The van der Waals surface area contributed by atoms with Crippen LogP contribution in [0.25, 0.3) is 0 Å². The highest BCUT2D eigenvalue weighted by atomic mass is 16.3. The summed E-state index contributed by atoms with van der Waals surface area (Å²) in [7, 11) is 0. The molecule has 1 fully saturated rings. The van der Waals surface area contributed by atoms with Crippen molar-refractivity contribution < 1.29 is 24.3 Å². The zero-order valence-electron chi connectivity index (χ0n) is 20.0. The van der Waals surface area contributed by atoms with Crippen molar-refractivity contribution in [3.8, 4) is 5.75 Å². The number of amides is 4. The number of imide groups is 1. The molecule has 0 bridgehead atoms. The maximum Gasteiger partial charge on any atom is 0.262 e. The van der Waals surface area contributed by atoms with Gasteiger partial charge in [0.05, 0.1) is 35.0 Å². The zero-order chi connectivity index (χ0) is 25.7. The van der Waals surface area contributed by atoms with Crippen LogP contribution in [0.4, 0.5) is 11.4 Å². The van der Waals surface area contributed by atoms with E-state index >= 15 is 0 Å². The number of phenols is 1. The Balaban J connectivity index is 1.37. The maximum absolute atomic E-state index is 13.9. The Morgan fingerprint density at radius 2 is 1.49 bits per heavy atom. The Morgan fingerprint density at radius 3 is 2.19 bits per heavy atom. The summed E-state index contributed by atoms with van der Waals surface area (Å²) in [6, 6.07) is 20.2. The minimum Gasteiger partial charge on any atom is -0.508 e. The predicted octanol–water partition coefficient (Wildman–Crippen LogP) is 3.74. The van der Waals surface area contributed by atoms with Gasteiger partial charge in [0.1, 0.15) is 12.3 Å². The first-order valence-corrected chi connectivity index (χ1v) is 12.4. The Hall–Kier alpha value is -4.46. The van der Waals surface area contributed by atoms with Gasteiger partial charge in [-0.25, -0.2) is 0 Å². The van der Waals surface area contributed by atoms with Crippen molar-refractivity contribution >= 4 is 35.0 Å². The van der Waals surface area contributed by atoms with Gasteiger partial charge >= 0.3 is 0 Å². The lowest BCUT2D eigenvalue weighted by molar-refractivity contribution is -0.123. The number of hydrogen-bond donors (Lipinski definition) is 1. The van der Waals surface area contributed by atoms with Crippen LogP contribution in [0.3, 0.4) is 0 Å². The van der Waals surface area contributed by atoms with Gasteiger partial charge in [0.15, 0.2) is 0 Å². The molecule has 0 radical (unpaired) electrons. The largest absolute Gasteiger partial charge is 0.508 e. The van der Waals surface area contributed by atoms with Gasteiger partial charge in [0, 0.05) is 6.04 Å². The summed E-state index contributed by atoms with van der Waals surface area (Å²) in [6.45, 7) is -0.154. The fourth-order valence-corrected chi connectivity index (χ4v) is 5.85. The normalized spacial score (nSPS) is 20.5. The molecular formula is C29H25N3O5. The summed E-state index contributed by atoms with van der Waals surface area (Å²) in [5, 5.41) is 9.95. The number of para-hydroxylation sites is 2. The van der Waals surface area contributed by atoms with E-state index in [-0.39, 0.29) is 24.2 Å². The average Bonchev–Trinajstić information content (AvgIpc) is 3.45. The second-order valence-corrected chi connectivity index (χ2v) is 9.69. The van der Waals surface area contributed by atoms with Crippen LogP contribution < -0.4 is 9.80 Å². The molecule has 1 N–H and O–H groups in total. The van der Waals surface area contributed by atoms with Gasteiger partial charge in [0.25, 0.3) is 11.8 Å². The fourth-order valence-electron chi connectivity index (χ4n) is 5.85. The second kappa shape index (κ2) is 8.89. The first-order valence-electron chi connectivity index (χ1n) is 12.4. The topological polar surface area (TPSA) is 98.2 Å². The van der Waals surface area contributed by atoms with E-state index in [2.05, 4.69) is 0 Å². The number of hydrogen-bond acceptors (Lipinski definition) is 5. The van der Waals surface area contributed by atoms with Gasteiger partial charge in [-0.05, 0) is 54.8 Å². The molecule has 1 aliphatic carbocycles. The van der Waals surface area contributed by atoms with Crippen LogP contribution in [-0.2, 0) is 16.1 Å². The number of carbonyl (C=O) groups is 4. The Bertz CT molecular complexity index is 1420. The first kappa shape index (κ1) is 23.0. The molecule has 3 aromatic rings. The van der Waals surface area contributed by atoms with Crippen LogP contribution in [0, 0.1) is 5.92 Å². The molecule has 0 saturated heterocycles. The van der Waals surface area contributed by atoms with Gasteiger partial charge in [-0.15, -0.1) is 0 Å². The Morgan fingerprint density at radius 1 is 0.811 bits per heavy atom. The Labute approximate surface area is 213 Å². The highest BCUT2D eigenvalue weighted by molar-refractivity contribution is 6.23. The lowest BCUT2D eigenvalue weighted by atomic mass is 10.0. The first-order chi connectivity index (χ1) is 17.9. The molecule has 3 aromatic carbocycles. The average molecular weight is 496 g/mol. The van der Waals surface area contributed by atoms with Crippen molar-refractivity contribution in [3.63, 3.8) is 0 Å². The number of aromatic hydroxyl groups is 1. The Kier molecular flexibility index (Phi) is 5.52. The number of anilines is 2. The molecule has 2 unspecified atom stereocenters. The van der Waals surface area contributed by atoms with Gasteiger partial charge < -0.3 is 14.9 Å². The van der Waals surface area contributed by atoms with E-state index in [0.29, 0.717) is 35.3 Å². The van der Waals surface area contributed by atoms with E-state index in [4.69, 9.17) is 0 Å². The van der Waals surface area contributed by atoms with E-state index in [1.165, 1.54) is 0 Å². The molecule has 3 aliphatic rings. The molecule has 0 aromatic heterocycles. The number of carbonyl (C=O) groups excluding carboxylic acids is 4. The van der Waals surface area contributed by atoms with Crippen molar-refractivity contribution in [1.29, 1.82) is 0 Å². The van der Waals surface area contributed by atoms with Crippen LogP contribution in [0.5, 0.6) is 5.75 Å². The van der Waals surface area contributed by atoms with Crippen molar-refractivity contribution in [2.75, 3.05) is 16.3 Å². The highest BCUT2D eigenvalue weighted by Gasteiger charge is 2.46. The second-order valence-electron chi connectivity index (χ2n) is 9.69. The van der Waals surface area contributed by atoms with Crippen LogP contribution >= 0.6 is 0 Å². The zero-order valence-corrected chi connectivity index (χ0v) is 20.0. The molecule has 0 spiro atoms. The van der Waals surface area contributed by atoms with E-state index in [1.54, 1.807) is 64.4 Å². The van der Waals surface area contributed by atoms with Gasteiger partial charge in [-0.3, -0.25) is 24.1 Å². The molecule has 2 atom stereocenters. The van der Waals surface area contributed by atoms with Crippen molar-refractivity contribution in [1.82, 2.24) is 4.90 Å². The summed E-state index contributed by atoms with van der Waals surface area (Å²) in [5.74, 6) is -1.73. The molecule has 8 nitrogen and oxygen atoms in total. The number of nitrogens with zero attached hydrogens (tertiary/aromatic N) is 3. The fraction of sp³-hybridized carbons (Fsp3) is 0.241. The van der Waals surface area contributed by atoms with E-state index in [0.717, 1.165) is 16.9 Å². The third-order valence-electron chi connectivity index (χ3n) is 7.52. The lowest BCUT2D eigenvalue weighted by Crippen LogP contribution is -2.49. The minimum absolute atomic E-state index is 0.0747. The van der Waals surface area contributed by atoms with Crippen molar-refractivity contribution in [3.05, 3.63) is 89.5 Å². The lowest BCUT2D eigenvalue weighted by Gasteiger charge is -2.31. The third-order valence-corrected chi connectivity index (χ3v) is 7.52. The molecule has 186 valence electrons. The predicted molar refractivity (Wildman–Crippen MR) is 136 cm³/mol. The van der Waals surface area contributed by atoms with Crippen LogP contribution in [0.1, 0.15) is 45.5 Å². The number of phenolic OH excluding ortho intramolecular Hbond substituents is 1. The minimum atomic E-state index is -0.485. The smallest absolute Gasteiger partial charge is 0.262 e. The van der Waals surface area contributed by atoms with Gasteiger partial charge in [-0.2, -0.15) is 0 Å². The van der Waals surface area contributed by atoms with Gasteiger partial charge in [-0.1, -0.05) is 42.8 Å². The summed E-state index contributed by atoms with van der Waals surface area (Å²) >= 11 is 0. The molecule has 6 rings (SSSR count). The molecular weight excluding hydrogens is 470 g/mol. The third kappa shape index (κ3) is 3.76. The van der Waals surface area contributed by atoms with E-state index in [9.17, 15) is 24.3 Å². The molecule has 8 heteroatoms. The summed E-state index contributed by atoms with van der Waals surface area (Å²) in [4.78, 5) is 58.0. The summed E-state index contributed by atoms with van der Waals surface area (Å²) < 4.78 is 0. The van der Waals surface area contributed by atoms with Crippen LogP contribution in [-0.4, -0.2) is 46.2 Å². The summed E-state index contributed by atoms with van der Waals surface area (Å²) in [5.41, 5.74) is 2.52. The molecule has 2 heterocycles. The van der Waals surface area contributed by atoms with Gasteiger partial charge in [0.2, 0.25) is 11.8 Å². The standard InChI is InChI=1S/C29H25N3O5/c33-19-8-5-7-18(15-19)16-30-24-12-3-4-13-25(24)32(23-14-6-11-22(23)29(30)37)26(34)17-31-27(35)20-9-1-2-10-21(20)28(31)36/h1-5,7-10,12-13,15,22-23,33H,6,11,14,16-17H2. The summed E-state index contributed by atoms with van der Waals surface area (Å²) in [6.07, 6.45) is 2.09. The maximum atomic E-state index is 13.9. The quantitative estimate of drug-likeness (QED) is 0.556. The van der Waals surface area contributed by atoms with Crippen molar-refractivity contribution in [2.45, 2.75) is 31.8 Å². The molecule has 37 heavy (non-hydrogen) atoms. The van der Waals surface area contributed by atoms with E-state index < -0.39 is 30.2 Å². The molecule has 1 saturated carbocycles. The van der Waals surface area contributed by atoms with Crippen molar-refractivity contribution in [2.24, 2.45) is 5.92 Å². The molecule has 2 aliphatic heterocycles. The number of fused-ring (bicyclic) bond motifs is 3. The van der Waals surface area contributed by atoms with E-state index in [1.807, 2.05) is 18.2 Å².